The standard InChI is InChI=1S/C26H24ClN5O2/c27-20-4-6-21(28-17-20)5-3-19-9-12-32(26(33)15-19)22-7-8-23-24(16-22)29-18-25(30-23)34-14-13-31-10-1-2-11-31/h3-9,12,15-18H,1-2,10-11,13-14H2/b5-3+. The maximum Gasteiger partial charge on any atom is 0.255 e. The molecule has 0 spiro atoms. The minimum absolute atomic E-state index is 0.139. The highest BCUT2D eigenvalue weighted by molar-refractivity contribution is 6.30. The molecule has 0 amide bonds. The van der Waals surface area contributed by atoms with Crippen LogP contribution < -0.4 is 10.3 Å². The summed E-state index contributed by atoms with van der Waals surface area (Å²) in [6.07, 6.45) is 11.2. The van der Waals surface area contributed by atoms with Gasteiger partial charge in [-0.1, -0.05) is 17.7 Å². The van der Waals surface area contributed by atoms with E-state index in [1.54, 1.807) is 35.3 Å². The van der Waals surface area contributed by atoms with Crippen molar-refractivity contribution in [1.82, 2.24) is 24.4 Å². The molecule has 1 fully saturated rings. The van der Waals surface area contributed by atoms with Gasteiger partial charge in [-0.3, -0.25) is 19.2 Å². The van der Waals surface area contributed by atoms with Crippen LogP contribution in [0.1, 0.15) is 24.1 Å². The van der Waals surface area contributed by atoms with E-state index in [2.05, 4.69) is 19.9 Å². The van der Waals surface area contributed by atoms with Gasteiger partial charge in [0.15, 0.2) is 0 Å². The van der Waals surface area contributed by atoms with Crippen molar-refractivity contribution in [2.24, 2.45) is 0 Å². The van der Waals surface area contributed by atoms with Gasteiger partial charge in [0.2, 0.25) is 5.88 Å². The number of nitrogens with zero attached hydrogens (tertiary/aromatic N) is 5. The van der Waals surface area contributed by atoms with Crippen molar-refractivity contribution in [2.75, 3.05) is 26.2 Å². The molecule has 1 aromatic carbocycles. The molecule has 7 nitrogen and oxygen atoms in total. The first-order valence-corrected chi connectivity index (χ1v) is 11.7. The molecule has 34 heavy (non-hydrogen) atoms. The Bertz CT molecular complexity index is 1380. The molecule has 0 atom stereocenters. The largest absolute Gasteiger partial charge is 0.475 e. The Morgan fingerprint density at radius 2 is 1.85 bits per heavy atom. The summed E-state index contributed by atoms with van der Waals surface area (Å²) in [6.45, 7) is 3.79. The summed E-state index contributed by atoms with van der Waals surface area (Å²) in [5, 5.41) is 0.584. The quantitative estimate of drug-likeness (QED) is 0.394. The molecule has 3 aromatic heterocycles. The fraction of sp³-hybridized carbons (Fsp3) is 0.231. The summed E-state index contributed by atoms with van der Waals surface area (Å²) in [6, 6.07) is 12.6. The summed E-state index contributed by atoms with van der Waals surface area (Å²) < 4.78 is 7.38. The molecule has 0 radical (unpaired) electrons. The van der Waals surface area contributed by atoms with Gasteiger partial charge in [0.25, 0.3) is 5.56 Å². The van der Waals surface area contributed by atoms with E-state index in [9.17, 15) is 4.79 Å². The molecule has 4 heterocycles. The number of pyridine rings is 2. The maximum absolute atomic E-state index is 12.7. The number of likely N-dealkylation sites (tertiary alicyclic amines) is 1. The van der Waals surface area contributed by atoms with Gasteiger partial charge in [0.05, 0.1) is 33.6 Å². The third-order valence-electron chi connectivity index (χ3n) is 5.78. The summed E-state index contributed by atoms with van der Waals surface area (Å²) in [5.74, 6) is 0.517. The molecular weight excluding hydrogens is 450 g/mol. The molecule has 4 aromatic rings. The monoisotopic (exact) mass is 473 g/mol. The Kier molecular flexibility index (Phi) is 6.65. The second-order valence-corrected chi connectivity index (χ2v) is 8.62. The van der Waals surface area contributed by atoms with Crippen LogP contribution in [0, 0.1) is 0 Å². The van der Waals surface area contributed by atoms with Gasteiger partial charge >= 0.3 is 0 Å². The zero-order valence-electron chi connectivity index (χ0n) is 18.6. The predicted molar refractivity (Wildman–Crippen MR) is 134 cm³/mol. The second-order valence-electron chi connectivity index (χ2n) is 8.18. The van der Waals surface area contributed by atoms with E-state index in [1.807, 2.05) is 42.5 Å². The molecule has 172 valence electrons. The Morgan fingerprint density at radius 3 is 2.65 bits per heavy atom. The highest BCUT2D eigenvalue weighted by Crippen LogP contribution is 2.18. The summed E-state index contributed by atoms with van der Waals surface area (Å²) in [5.41, 5.74) is 3.57. The van der Waals surface area contributed by atoms with E-state index < -0.39 is 0 Å². The van der Waals surface area contributed by atoms with Crippen molar-refractivity contribution in [2.45, 2.75) is 12.8 Å². The van der Waals surface area contributed by atoms with E-state index in [4.69, 9.17) is 16.3 Å². The van der Waals surface area contributed by atoms with E-state index in [1.165, 1.54) is 12.8 Å². The van der Waals surface area contributed by atoms with E-state index >= 15 is 0 Å². The van der Waals surface area contributed by atoms with Crippen molar-refractivity contribution in [3.8, 4) is 11.6 Å². The van der Waals surface area contributed by atoms with Gasteiger partial charge in [-0.15, -0.1) is 0 Å². The number of ether oxygens (including phenoxy) is 1. The Morgan fingerprint density at radius 1 is 0.971 bits per heavy atom. The number of aromatic nitrogens is 4. The molecular formula is C26H24ClN5O2. The predicted octanol–water partition coefficient (Wildman–Crippen LogP) is 4.47. The number of fused-ring (bicyclic) bond motifs is 1. The van der Waals surface area contributed by atoms with Crippen LogP contribution >= 0.6 is 11.6 Å². The number of hydrogen-bond acceptors (Lipinski definition) is 6. The molecule has 0 saturated carbocycles. The zero-order valence-corrected chi connectivity index (χ0v) is 19.4. The molecule has 5 rings (SSSR count). The Hall–Kier alpha value is -3.55. The minimum Gasteiger partial charge on any atom is -0.475 e. The van der Waals surface area contributed by atoms with Crippen molar-refractivity contribution in [3.63, 3.8) is 0 Å². The van der Waals surface area contributed by atoms with E-state index in [0.29, 0.717) is 23.0 Å². The SMILES string of the molecule is O=c1cc(/C=C/c2ccc(Cl)cn2)ccn1-c1ccc2nc(OCCN3CCCC3)cnc2c1. The Balaban J connectivity index is 1.29. The lowest BCUT2D eigenvalue weighted by Crippen LogP contribution is -2.25. The first-order valence-electron chi connectivity index (χ1n) is 11.3. The molecule has 1 aliphatic rings. The maximum atomic E-state index is 12.7. The third kappa shape index (κ3) is 5.32. The summed E-state index contributed by atoms with van der Waals surface area (Å²) in [7, 11) is 0. The second kappa shape index (κ2) is 10.2. The van der Waals surface area contributed by atoms with Gasteiger partial charge < -0.3 is 4.74 Å². The average molecular weight is 474 g/mol. The average Bonchev–Trinajstić information content (AvgIpc) is 3.37. The van der Waals surface area contributed by atoms with Gasteiger partial charge in [-0.05, 0) is 74.0 Å². The number of hydrogen-bond donors (Lipinski definition) is 0. The van der Waals surface area contributed by atoms with Crippen LogP contribution in [0.2, 0.25) is 5.02 Å². The fourth-order valence-corrected chi connectivity index (χ4v) is 4.08. The molecule has 8 heteroatoms. The summed E-state index contributed by atoms with van der Waals surface area (Å²) in [4.78, 5) is 28.4. The molecule has 0 bridgehead atoms. The molecule has 0 unspecified atom stereocenters. The van der Waals surface area contributed by atoms with Crippen molar-refractivity contribution < 1.29 is 4.74 Å². The summed E-state index contributed by atoms with van der Waals surface area (Å²) >= 11 is 5.86. The lowest BCUT2D eigenvalue weighted by molar-refractivity contribution is 0.232. The third-order valence-corrected chi connectivity index (χ3v) is 6.00. The van der Waals surface area contributed by atoms with Crippen LogP contribution in [-0.4, -0.2) is 50.7 Å². The number of halogens is 1. The minimum atomic E-state index is -0.139. The number of benzene rings is 1. The topological polar surface area (TPSA) is 73.1 Å². The fourth-order valence-electron chi connectivity index (χ4n) is 3.97. The molecule has 1 aliphatic heterocycles. The first-order chi connectivity index (χ1) is 16.6. The van der Waals surface area contributed by atoms with Gasteiger partial charge in [0.1, 0.15) is 6.61 Å². The van der Waals surface area contributed by atoms with Crippen molar-refractivity contribution in [1.29, 1.82) is 0 Å². The first kappa shape index (κ1) is 22.3. The van der Waals surface area contributed by atoms with Gasteiger partial charge in [-0.2, -0.15) is 0 Å². The van der Waals surface area contributed by atoms with E-state index in [-0.39, 0.29) is 5.56 Å². The Labute approximate surface area is 202 Å². The molecule has 1 saturated heterocycles. The lowest BCUT2D eigenvalue weighted by atomic mass is 10.2. The van der Waals surface area contributed by atoms with Crippen LogP contribution in [0.25, 0.3) is 28.9 Å². The molecule has 0 N–H and O–H groups in total. The van der Waals surface area contributed by atoms with Gasteiger partial charge in [-0.25, -0.2) is 9.97 Å². The highest BCUT2D eigenvalue weighted by atomic mass is 35.5. The van der Waals surface area contributed by atoms with Crippen molar-refractivity contribution in [3.05, 3.63) is 87.7 Å². The number of rotatable bonds is 7. The van der Waals surface area contributed by atoms with Crippen molar-refractivity contribution >= 4 is 34.8 Å². The van der Waals surface area contributed by atoms with E-state index in [0.717, 1.165) is 42.1 Å². The van der Waals surface area contributed by atoms with Crippen LogP contribution in [0.4, 0.5) is 0 Å². The molecule has 0 aliphatic carbocycles. The zero-order chi connectivity index (χ0) is 23.3. The van der Waals surface area contributed by atoms with Crippen LogP contribution in [0.5, 0.6) is 5.88 Å². The van der Waals surface area contributed by atoms with Crippen LogP contribution in [0.3, 0.4) is 0 Å². The lowest BCUT2D eigenvalue weighted by Gasteiger charge is -2.14. The van der Waals surface area contributed by atoms with Crippen LogP contribution in [0.15, 0.2) is 65.8 Å². The van der Waals surface area contributed by atoms with Crippen LogP contribution in [-0.2, 0) is 0 Å². The normalized spacial score (nSPS) is 14.3. The smallest absolute Gasteiger partial charge is 0.255 e. The van der Waals surface area contributed by atoms with Gasteiger partial charge in [0, 0.05) is 25.0 Å². The highest BCUT2D eigenvalue weighted by Gasteiger charge is 2.11.